The van der Waals surface area contributed by atoms with E-state index in [1.807, 2.05) is 0 Å². The van der Waals surface area contributed by atoms with E-state index in [-0.39, 0.29) is 29.3 Å². The maximum absolute atomic E-state index is 11.4. The minimum absolute atomic E-state index is 0.161. The van der Waals surface area contributed by atoms with Gasteiger partial charge in [0.25, 0.3) is 5.24 Å². The largest absolute Gasteiger partial charge is 0.508 e. The smallest absolute Gasteiger partial charge is 0.290 e. The highest BCUT2D eigenvalue weighted by atomic mass is 32.2. The highest BCUT2D eigenvalue weighted by Gasteiger charge is 2.30. The molecule has 90 valence electrons. The van der Waals surface area contributed by atoms with Crippen LogP contribution in [0.15, 0.2) is 24.3 Å². The quantitative estimate of drug-likeness (QED) is 0.883. The first-order valence-corrected chi connectivity index (χ1v) is 6.04. The van der Waals surface area contributed by atoms with E-state index in [1.165, 1.54) is 4.90 Å². The summed E-state index contributed by atoms with van der Waals surface area (Å²) >= 11 is 1.02. The number of benzene rings is 1. The zero-order valence-corrected chi connectivity index (χ0v) is 10.1. The van der Waals surface area contributed by atoms with Gasteiger partial charge in [-0.05, 0) is 24.3 Å². The lowest BCUT2D eigenvalue weighted by Gasteiger charge is -2.24. The molecule has 0 saturated carbocycles. The summed E-state index contributed by atoms with van der Waals surface area (Å²) < 4.78 is 0. The number of rotatable bonds is 3. The number of carbonyl (C=O) groups is 2. The molecular formula is C11H12N2O3S. The third-order valence-electron chi connectivity index (χ3n) is 2.48. The van der Waals surface area contributed by atoms with Crippen LogP contribution in [0.25, 0.3) is 0 Å². The van der Waals surface area contributed by atoms with Gasteiger partial charge in [0, 0.05) is 12.7 Å². The van der Waals surface area contributed by atoms with Crippen LogP contribution in [0, 0.1) is 0 Å². The molecule has 1 heterocycles. The number of hydrogen-bond acceptors (Lipinski definition) is 5. The van der Waals surface area contributed by atoms with Crippen molar-refractivity contribution in [2.75, 3.05) is 24.4 Å². The molecule has 1 aliphatic heterocycles. The van der Waals surface area contributed by atoms with E-state index >= 15 is 0 Å². The van der Waals surface area contributed by atoms with Crippen LogP contribution in [0.3, 0.4) is 0 Å². The Morgan fingerprint density at radius 2 is 2.00 bits per heavy atom. The van der Waals surface area contributed by atoms with Crippen molar-refractivity contribution in [3.8, 4) is 5.75 Å². The minimum Gasteiger partial charge on any atom is -0.508 e. The van der Waals surface area contributed by atoms with Crippen molar-refractivity contribution in [3.05, 3.63) is 24.3 Å². The average Bonchev–Trinajstić information content (AvgIpc) is 2.61. The van der Waals surface area contributed by atoms with Crippen LogP contribution in [0.4, 0.5) is 10.5 Å². The molecule has 1 fully saturated rings. The van der Waals surface area contributed by atoms with E-state index < -0.39 is 0 Å². The number of thioether (sulfide) groups is 1. The molecule has 0 unspecified atom stereocenters. The van der Waals surface area contributed by atoms with Gasteiger partial charge < -0.3 is 10.0 Å². The summed E-state index contributed by atoms with van der Waals surface area (Å²) in [5.74, 6) is 0.249. The maximum Gasteiger partial charge on any atom is 0.290 e. The predicted octanol–water partition coefficient (Wildman–Crippen LogP) is 1.48. The van der Waals surface area contributed by atoms with Gasteiger partial charge in [-0.15, -0.1) is 0 Å². The number of anilines is 1. The van der Waals surface area contributed by atoms with Crippen molar-refractivity contribution >= 4 is 28.6 Å². The summed E-state index contributed by atoms with van der Waals surface area (Å²) in [6.07, 6.45) is 0. The molecule has 2 rings (SSSR count). The molecule has 0 atom stereocenters. The van der Waals surface area contributed by atoms with Crippen molar-refractivity contribution in [2.45, 2.75) is 0 Å². The highest BCUT2D eigenvalue weighted by Crippen LogP contribution is 2.22. The molecule has 1 N–H and O–H groups in total. The number of amides is 2. The third kappa shape index (κ3) is 2.52. The topological polar surface area (TPSA) is 60.9 Å². The molecule has 5 nitrogen and oxygen atoms in total. The van der Waals surface area contributed by atoms with Crippen LogP contribution >= 0.6 is 11.8 Å². The van der Waals surface area contributed by atoms with Crippen molar-refractivity contribution in [1.82, 2.24) is 4.90 Å². The number of hydrogen-bond donors (Lipinski definition) is 1. The van der Waals surface area contributed by atoms with Crippen LogP contribution in [0.2, 0.25) is 0 Å². The van der Waals surface area contributed by atoms with Crippen molar-refractivity contribution in [3.63, 3.8) is 0 Å². The van der Waals surface area contributed by atoms with E-state index in [9.17, 15) is 9.59 Å². The lowest BCUT2D eigenvalue weighted by molar-refractivity contribution is -0.124. The van der Waals surface area contributed by atoms with Crippen molar-refractivity contribution in [1.29, 1.82) is 0 Å². The molecule has 1 aliphatic rings. The molecule has 1 aromatic carbocycles. The number of carbonyl (C=O) groups excluding carboxylic acids is 2. The van der Waals surface area contributed by atoms with Crippen LogP contribution < -0.4 is 4.90 Å². The molecule has 1 saturated heterocycles. The van der Waals surface area contributed by atoms with Crippen LogP contribution in [0.1, 0.15) is 0 Å². The average molecular weight is 252 g/mol. The van der Waals surface area contributed by atoms with E-state index in [4.69, 9.17) is 5.11 Å². The molecule has 6 heteroatoms. The molecule has 17 heavy (non-hydrogen) atoms. The lowest BCUT2D eigenvalue weighted by atomic mass is 10.3. The summed E-state index contributed by atoms with van der Waals surface area (Å²) in [6.45, 7) is 0.232. The van der Waals surface area contributed by atoms with Gasteiger partial charge in [-0.3, -0.25) is 14.5 Å². The summed E-state index contributed by atoms with van der Waals surface area (Å²) in [5, 5.41) is 8.96. The van der Waals surface area contributed by atoms with E-state index in [1.54, 1.807) is 36.2 Å². The molecule has 0 radical (unpaired) electrons. The van der Waals surface area contributed by atoms with Gasteiger partial charge >= 0.3 is 0 Å². The van der Waals surface area contributed by atoms with E-state index in [2.05, 4.69) is 0 Å². The van der Waals surface area contributed by atoms with Crippen LogP contribution in [-0.4, -0.2) is 40.6 Å². The third-order valence-corrected chi connectivity index (χ3v) is 3.34. The molecule has 0 aliphatic carbocycles. The second-order valence-electron chi connectivity index (χ2n) is 3.73. The summed E-state index contributed by atoms with van der Waals surface area (Å²) in [7, 11) is 1.79. The Kier molecular flexibility index (Phi) is 3.23. The number of phenolic OH excluding ortho intramolecular Hbond substituents is 1. The minimum atomic E-state index is -0.208. The second-order valence-corrected chi connectivity index (χ2v) is 4.66. The number of aromatic hydroxyl groups is 1. The first kappa shape index (κ1) is 11.8. The Bertz CT molecular complexity index is 431. The summed E-state index contributed by atoms with van der Waals surface area (Å²) in [4.78, 5) is 25.8. The molecular weight excluding hydrogens is 240 g/mol. The number of phenols is 1. The Labute approximate surface area is 103 Å². The zero-order chi connectivity index (χ0) is 12.4. The number of imide groups is 1. The molecule has 2 amide bonds. The fraction of sp³-hybridized carbons (Fsp3) is 0.273. The predicted molar refractivity (Wildman–Crippen MR) is 66.1 cm³/mol. The highest BCUT2D eigenvalue weighted by molar-refractivity contribution is 8.14. The Hall–Kier alpha value is -1.69. The monoisotopic (exact) mass is 252 g/mol. The SMILES string of the molecule is CN(CN1C(=O)CSC1=O)c1ccc(O)cc1. The lowest BCUT2D eigenvalue weighted by Crippen LogP contribution is -2.38. The number of nitrogens with zero attached hydrogens (tertiary/aromatic N) is 2. The second kappa shape index (κ2) is 4.67. The van der Waals surface area contributed by atoms with Gasteiger partial charge in [0.2, 0.25) is 5.91 Å². The van der Waals surface area contributed by atoms with Gasteiger partial charge in [-0.1, -0.05) is 11.8 Å². The Morgan fingerprint density at radius 1 is 1.35 bits per heavy atom. The van der Waals surface area contributed by atoms with E-state index in [0.717, 1.165) is 17.4 Å². The van der Waals surface area contributed by atoms with E-state index in [0.29, 0.717) is 0 Å². The molecule has 0 spiro atoms. The normalized spacial score (nSPS) is 15.5. The first-order chi connectivity index (χ1) is 8.08. The summed E-state index contributed by atoms with van der Waals surface area (Å²) in [6, 6.07) is 6.59. The molecule has 0 aromatic heterocycles. The van der Waals surface area contributed by atoms with Crippen LogP contribution in [0.5, 0.6) is 5.75 Å². The van der Waals surface area contributed by atoms with Crippen molar-refractivity contribution in [2.24, 2.45) is 0 Å². The standard InChI is InChI=1S/C11H12N2O3S/c1-12(8-2-4-9(14)5-3-8)7-13-10(15)6-17-11(13)16/h2-5,14H,6-7H2,1H3. The van der Waals surface area contributed by atoms with Gasteiger partial charge in [-0.2, -0.15) is 0 Å². The van der Waals surface area contributed by atoms with Gasteiger partial charge in [0.1, 0.15) is 12.4 Å². The fourth-order valence-corrected chi connectivity index (χ4v) is 2.24. The Morgan fingerprint density at radius 3 is 2.53 bits per heavy atom. The van der Waals surface area contributed by atoms with Crippen molar-refractivity contribution < 1.29 is 14.7 Å². The molecule has 0 bridgehead atoms. The Balaban J connectivity index is 2.06. The van der Waals surface area contributed by atoms with Crippen LogP contribution in [-0.2, 0) is 4.79 Å². The zero-order valence-electron chi connectivity index (χ0n) is 9.29. The summed E-state index contributed by atoms with van der Waals surface area (Å²) in [5.41, 5.74) is 0.834. The first-order valence-electron chi connectivity index (χ1n) is 5.05. The van der Waals surface area contributed by atoms with Gasteiger partial charge in [0.05, 0.1) is 5.75 Å². The van der Waals surface area contributed by atoms with Gasteiger partial charge in [-0.25, -0.2) is 0 Å². The van der Waals surface area contributed by atoms with Gasteiger partial charge in [0.15, 0.2) is 0 Å². The maximum atomic E-state index is 11.4. The molecule has 1 aromatic rings. The fourth-order valence-electron chi connectivity index (χ4n) is 1.52.